The standard InChI is InChI=1S/C10H12Cl2N2O2.C6H2Cl3NO.C4H11NO/c1-2-7(5-15)14-10(16)6-3-8(11)9(12)13-4-6;7-4-1-3(6(9)11)2-10-5(4)8;1-2-4(5)3-6/h3-4,7,15H,2,5H2,1H3,(H,14,16);1-2H;4,6H,2-3,5H2,1H3. The molecule has 2 heterocycles. The van der Waals surface area contributed by atoms with Crippen molar-refractivity contribution >= 4 is 69.2 Å². The van der Waals surface area contributed by atoms with E-state index < -0.39 is 5.24 Å². The molecule has 0 aliphatic rings. The van der Waals surface area contributed by atoms with Gasteiger partial charge in [0.2, 0.25) is 0 Å². The third-order valence-electron chi connectivity index (χ3n) is 3.89. The molecule has 2 rings (SSSR count). The van der Waals surface area contributed by atoms with Gasteiger partial charge in [0.1, 0.15) is 10.3 Å². The Morgan fingerprint density at radius 3 is 1.76 bits per heavy atom. The number of carbonyl (C=O) groups is 2. The van der Waals surface area contributed by atoms with Crippen molar-refractivity contribution in [3.05, 3.63) is 56.0 Å². The zero-order valence-electron chi connectivity index (χ0n) is 17.9. The van der Waals surface area contributed by atoms with Gasteiger partial charge in [0.25, 0.3) is 11.1 Å². The van der Waals surface area contributed by atoms with Crippen LogP contribution in [0.4, 0.5) is 0 Å². The van der Waals surface area contributed by atoms with E-state index in [0.717, 1.165) is 6.42 Å². The monoisotopic (exact) mass is 560 g/mol. The molecule has 2 atom stereocenters. The van der Waals surface area contributed by atoms with E-state index >= 15 is 0 Å². The van der Waals surface area contributed by atoms with Crippen molar-refractivity contribution in [2.75, 3.05) is 13.2 Å². The van der Waals surface area contributed by atoms with Crippen molar-refractivity contribution in [2.24, 2.45) is 5.73 Å². The highest BCUT2D eigenvalue weighted by Gasteiger charge is 2.13. The number of carbonyl (C=O) groups excluding carboxylic acids is 2. The minimum atomic E-state index is -0.601. The first-order chi connectivity index (χ1) is 15.5. The first kappa shape index (κ1) is 31.8. The van der Waals surface area contributed by atoms with Gasteiger partial charge in [-0.2, -0.15) is 0 Å². The Labute approximate surface area is 217 Å². The van der Waals surface area contributed by atoms with E-state index in [1.165, 1.54) is 24.5 Å². The van der Waals surface area contributed by atoms with Gasteiger partial charge in [-0.05, 0) is 36.6 Å². The van der Waals surface area contributed by atoms with Crippen molar-refractivity contribution in [3.63, 3.8) is 0 Å². The lowest BCUT2D eigenvalue weighted by Crippen LogP contribution is -2.36. The number of nitrogens with zero attached hydrogens (tertiary/aromatic N) is 2. The fourth-order valence-corrected chi connectivity index (χ4v) is 2.39. The van der Waals surface area contributed by atoms with Gasteiger partial charge < -0.3 is 21.3 Å². The summed E-state index contributed by atoms with van der Waals surface area (Å²) in [6.45, 7) is 3.82. The molecule has 33 heavy (non-hydrogen) atoms. The fraction of sp³-hybridized carbons (Fsp3) is 0.400. The predicted molar refractivity (Wildman–Crippen MR) is 133 cm³/mol. The van der Waals surface area contributed by atoms with E-state index in [-0.39, 0.29) is 57.1 Å². The van der Waals surface area contributed by atoms with Crippen molar-refractivity contribution in [1.82, 2.24) is 15.3 Å². The van der Waals surface area contributed by atoms with Crippen LogP contribution in [0.3, 0.4) is 0 Å². The third-order valence-corrected chi connectivity index (χ3v) is 5.48. The number of nitrogens with two attached hydrogens (primary N) is 1. The quantitative estimate of drug-likeness (QED) is 0.290. The largest absolute Gasteiger partial charge is 0.395 e. The van der Waals surface area contributed by atoms with E-state index in [1.807, 2.05) is 13.8 Å². The maximum Gasteiger partial charge on any atom is 0.253 e. The summed E-state index contributed by atoms with van der Waals surface area (Å²) in [6, 6.07) is 2.54. The summed E-state index contributed by atoms with van der Waals surface area (Å²) in [5, 5.41) is 20.0. The molecule has 184 valence electrons. The molecule has 8 nitrogen and oxygen atoms in total. The number of rotatable bonds is 7. The number of aliphatic hydroxyl groups is 2. The lowest BCUT2D eigenvalue weighted by atomic mass is 10.2. The number of aliphatic hydroxyl groups excluding tert-OH is 2. The Balaban J connectivity index is 0.000000520. The molecule has 0 aromatic carbocycles. The third kappa shape index (κ3) is 12.7. The minimum Gasteiger partial charge on any atom is -0.395 e. The summed E-state index contributed by atoms with van der Waals surface area (Å²) in [6.07, 6.45) is 4.12. The number of halogens is 5. The van der Waals surface area contributed by atoms with Crippen LogP contribution in [-0.4, -0.2) is 56.6 Å². The Bertz CT molecular complexity index is 897. The first-order valence-electron chi connectivity index (χ1n) is 9.60. The highest BCUT2D eigenvalue weighted by molar-refractivity contribution is 6.67. The molecular formula is C20H25Cl5N4O4. The Hall–Kier alpha value is -1.23. The van der Waals surface area contributed by atoms with Crippen LogP contribution < -0.4 is 11.1 Å². The summed E-state index contributed by atoms with van der Waals surface area (Å²) in [5.41, 5.74) is 5.78. The number of aromatic nitrogens is 2. The average molecular weight is 563 g/mol. The number of amides is 1. The predicted octanol–water partition coefficient (Wildman–Crippen LogP) is 4.37. The van der Waals surface area contributed by atoms with Crippen LogP contribution >= 0.6 is 58.0 Å². The molecule has 0 fully saturated rings. The van der Waals surface area contributed by atoms with E-state index in [9.17, 15) is 9.59 Å². The lowest BCUT2D eigenvalue weighted by molar-refractivity contribution is 0.0914. The van der Waals surface area contributed by atoms with Gasteiger partial charge in [0.05, 0.1) is 40.4 Å². The second-order valence-electron chi connectivity index (χ2n) is 6.38. The molecule has 0 aliphatic heterocycles. The maximum absolute atomic E-state index is 11.7. The summed E-state index contributed by atoms with van der Waals surface area (Å²) in [4.78, 5) is 29.6. The molecule has 0 saturated heterocycles. The number of hydrogen-bond donors (Lipinski definition) is 4. The summed E-state index contributed by atoms with van der Waals surface area (Å²) < 4.78 is 0. The summed E-state index contributed by atoms with van der Waals surface area (Å²) in [5.74, 6) is -0.327. The van der Waals surface area contributed by atoms with Crippen LogP contribution in [0, 0.1) is 0 Å². The molecule has 2 aromatic rings. The fourth-order valence-electron chi connectivity index (χ4n) is 1.75. The SMILES string of the molecule is CCC(CO)NC(=O)c1cnc(Cl)c(Cl)c1.CCC(N)CO.O=C(Cl)c1cnc(Cl)c(Cl)c1. The number of pyridine rings is 2. The van der Waals surface area contributed by atoms with Gasteiger partial charge in [0, 0.05) is 18.4 Å². The van der Waals surface area contributed by atoms with Gasteiger partial charge in [-0.25, -0.2) is 9.97 Å². The van der Waals surface area contributed by atoms with Gasteiger partial charge in [0.15, 0.2) is 0 Å². The second kappa shape index (κ2) is 17.2. The molecule has 0 spiro atoms. The highest BCUT2D eigenvalue weighted by Crippen LogP contribution is 2.20. The number of hydrogen-bond acceptors (Lipinski definition) is 7. The molecule has 5 N–H and O–H groups in total. The van der Waals surface area contributed by atoms with E-state index in [2.05, 4.69) is 15.3 Å². The van der Waals surface area contributed by atoms with Crippen molar-refractivity contribution < 1.29 is 19.8 Å². The molecule has 1 amide bonds. The lowest BCUT2D eigenvalue weighted by Gasteiger charge is -2.13. The smallest absolute Gasteiger partial charge is 0.253 e. The van der Waals surface area contributed by atoms with E-state index in [4.69, 9.17) is 74.0 Å². The molecule has 0 radical (unpaired) electrons. The van der Waals surface area contributed by atoms with Gasteiger partial charge >= 0.3 is 0 Å². The maximum atomic E-state index is 11.7. The van der Waals surface area contributed by atoms with Gasteiger partial charge in [-0.1, -0.05) is 60.3 Å². The van der Waals surface area contributed by atoms with Crippen molar-refractivity contribution in [3.8, 4) is 0 Å². The Morgan fingerprint density at radius 2 is 1.42 bits per heavy atom. The van der Waals surface area contributed by atoms with Gasteiger partial charge in [-0.3, -0.25) is 9.59 Å². The van der Waals surface area contributed by atoms with E-state index in [1.54, 1.807) is 0 Å². The highest BCUT2D eigenvalue weighted by atomic mass is 35.5. The average Bonchev–Trinajstić information content (AvgIpc) is 2.80. The summed E-state index contributed by atoms with van der Waals surface area (Å²) in [7, 11) is 0. The van der Waals surface area contributed by atoms with Crippen LogP contribution in [0.25, 0.3) is 0 Å². The summed E-state index contributed by atoms with van der Waals surface area (Å²) >= 11 is 27.6. The van der Waals surface area contributed by atoms with Crippen molar-refractivity contribution in [1.29, 1.82) is 0 Å². The van der Waals surface area contributed by atoms with Crippen LogP contribution in [0.5, 0.6) is 0 Å². The number of nitrogens with one attached hydrogen (secondary N) is 1. The zero-order chi connectivity index (χ0) is 25.6. The zero-order valence-corrected chi connectivity index (χ0v) is 21.6. The second-order valence-corrected chi connectivity index (χ2v) is 8.25. The van der Waals surface area contributed by atoms with Gasteiger partial charge in [-0.15, -0.1) is 0 Å². The van der Waals surface area contributed by atoms with E-state index in [0.29, 0.717) is 12.0 Å². The molecular weight excluding hydrogens is 538 g/mol. The molecule has 0 saturated carbocycles. The molecule has 13 heteroatoms. The molecule has 0 bridgehead atoms. The molecule has 0 aliphatic carbocycles. The first-order valence-corrected chi connectivity index (χ1v) is 11.5. The van der Waals surface area contributed by atoms with Crippen LogP contribution in [0.1, 0.15) is 47.4 Å². The minimum absolute atomic E-state index is 0.00926. The molecule has 2 unspecified atom stereocenters. The Morgan fingerprint density at radius 1 is 0.939 bits per heavy atom. The van der Waals surface area contributed by atoms with Crippen LogP contribution in [0.15, 0.2) is 24.5 Å². The van der Waals surface area contributed by atoms with Crippen LogP contribution in [0.2, 0.25) is 20.4 Å². The van der Waals surface area contributed by atoms with Crippen LogP contribution in [-0.2, 0) is 0 Å². The normalized spacial score (nSPS) is 11.8. The topological polar surface area (TPSA) is 138 Å². The molecule has 2 aromatic heterocycles. The van der Waals surface area contributed by atoms with Crippen molar-refractivity contribution in [2.45, 2.75) is 38.8 Å². The Kier molecular flexibility index (Phi) is 16.6.